The molecule has 0 aromatic heterocycles. The molecule has 0 fully saturated rings. The highest BCUT2D eigenvalue weighted by Gasteiger charge is 2.37. The number of carbonyl (C=O) groups excluding carboxylic acids is 2. The minimum atomic E-state index is -0.397. The molecule has 0 radical (unpaired) electrons. The van der Waals surface area contributed by atoms with Gasteiger partial charge in [0.25, 0.3) is 0 Å². The first-order valence-electron chi connectivity index (χ1n) is 7.83. The van der Waals surface area contributed by atoms with Gasteiger partial charge in [-0.1, -0.05) is 23.9 Å². The van der Waals surface area contributed by atoms with Crippen molar-refractivity contribution >= 4 is 28.9 Å². The third-order valence-electron chi connectivity index (χ3n) is 3.96. The molecule has 0 saturated carbocycles. The highest BCUT2D eigenvalue weighted by molar-refractivity contribution is 8.16. The second-order valence-corrected chi connectivity index (χ2v) is 6.31. The van der Waals surface area contributed by atoms with E-state index in [1.165, 1.54) is 18.9 Å². The molecule has 0 amide bonds. The van der Waals surface area contributed by atoms with Crippen molar-refractivity contribution in [2.45, 2.75) is 19.9 Å². The number of fused-ring (bicyclic) bond motifs is 1. The van der Waals surface area contributed by atoms with Crippen molar-refractivity contribution < 1.29 is 19.1 Å². The Morgan fingerprint density at radius 1 is 1.24 bits per heavy atom. The maximum Gasteiger partial charge on any atom is 0.338 e. The van der Waals surface area contributed by atoms with Gasteiger partial charge >= 0.3 is 11.9 Å². The molecule has 25 heavy (non-hydrogen) atoms. The lowest BCUT2D eigenvalue weighted by Gasteiger charge is -2.33. The molecular formula is C18H18N2O4S. The fourth-order valence-corrected chi connectivity index (χ4v) is 3.61. The van der Waals surface area contributed by atoms with E-state index in [4.69, 9.17) is 9.47 Å². The molecule has 1 aromatic carbocycles. The van der Waals surface area contributed by atoms with Crippen LogP contribution in [0, 0.1) is 0 Å². The van der Waals surface area contributed by atoms with E-state index in [0.29, 0.717) is 23.4 Å². The van der Waals surface area contributed by atoms with Gasteiger partial charge in [0.05, 0.1) is 36.6 Å². The molecule has 0 unspecified atom stereocenters. The summed E-state index contributed by atoms with van der Waals surface area (Å²) in [6, 6.07) is 6.69. The Kier molecular flexibility index (Phi) is 4.94. The molecule has 1 aromatic rings. The van der Waals surface area contributed by atoms with Crippen LogP contribution < -0.4 is 0 Å². The van der Waals surface area contributed by atoms with Crippen molar-refractivity contribution in [2.75, 3.05) is 13.7 Å². The maximum absolute atomic E-state index is 12.5. The first-order valence-corrected chi connectivity index (χ1v) is 8.71. The standard InChI is InChI=1S/C18H18N2O4S/c1-4-24-17(22)14-11(2)19-18-20(9-10-25-18)15(14)12-5-7-13(8-6-12)16(21)23-3/h5-10,15H,4H2,1-3H3/t15-/m0/s1. The smallest absolute Gasteiger partial charge is 0.338 e. The molecule has 130 valence electrons. The van der Waals surface area contributed by atoms with Gasteiger partial charge in [-0.15, -0.1) is 0 Å². The zero-order valence-electron chi connectivity index (χ0n) is 14.2. The van der Waals surface area contributed by atoms with Crippen LogP contribution in [0.2, 0.25) is 0 Å². The highest BCUT2D eigenvalue weighted by Crippen LogP contribution is 2.41. The van der Waals surface area contributed by atoms with E-state index in [9.17, 15) is 9.59 Å². The number of ether oxygens (including phenoxy) is 2. The number of aliphatic imine (C=N–C) groups is 1. The number of nitrogens with zero attached hydrogens (tertiary/aromatic N) is 2. The third-order valence-corrected chi connectivity index (χ3v) is 4.73. The maximum atomic E-state index is 12.5. The molecular weight excluding hydrogens is 340 g/mol. The van der Waals surface area contributed by atoms with Crippen LogP contribution in [0.1, 0.15) is 35.8 Å². The third kappa shape index (κ3) is 3.19. The molecule has 0 N–H and O–H groups in total. The number of methoxy groups -OCH3 is 1. The Balaban J connectivity index is 2.03. The molecule has 7 heteroatoms. The van der Waals surface area contributed by atoms with Gasteiger partial charge in [-0.25, -0.2) is 14.6 Å². The Hall–Kier alpha value is -2.54. The summed E-state index contributed by atoms with van der Waals surface area (Å²) in [6.07, 6.45) is 1.90. The number of esters is 2. The van der Waals surface area contributed by atoms with E-state index in [-0.39, 0.29) is 12.0 Å². The lowest BCUT2D eigenvalue weighted by molar-refractivity contribution is -0.139. The topological polar surface area (TPSA) is 68.2 Å². The number of carbonyl (C=O) groups is 2. The summed E-state index contributed by atoms with van der Waals surface area (Å²) < 4.78 is 9.97. The molecule has 1 atom stereocenters. The van der Waals surface area contributed by atoms with Gasteiger partial charge in [-0.05, 0) is 37.0 Å². The van der Waals surface area contributed by atoms with E-state index < -0.39 is 5.97 Å². The van der Waals surface area contributed by atoms with Crippen molar-refractivity contribution in [1.29, 1.82) is 0 Å². The summed E-state index contributed by atoms with van der Waals surface area (Å²) in [5.41, 5.74) is 2.47. The minimum Gasteiger partial charge on any atom is -0.465 e. The average Bonchev–Trinajstić information content (AvgIpc) is 3.08. The molecule has 0 spiro atoms. The van der Waals surface area contributed by atoms with Crippen LogP contribution in [-0.4, -0.2) is 35.7 Å². The Morgan fingerprint density at radius 2 is 1.96 bits per heavy atom. The average molecular weight is 358 g/mol. The van der Waals surface area contributed by atoms with Crippen molar-refractivity contribution in [3.05, 3.63) is 58.3 Å². The molecule has 0 bridgehead atoms. The van der Waals surface area contributed by atoms with Crippen molar-refractivity contribution in [1.82, 2.24) is 4.90 Å². The second-order valence-electron chi connectivity index (χ2n) is 5.44. The zero-order valence-corrected chi connectivity index (χ0v) is 15.0. The predicted molar refractivity (Wildman–Crippen MR) is 95.9 cm³/mol. The molecule has 0 saturated heterocycles. The monoisotopic (exact) mass is 358 g/mol. The summed E-state index contributed by atoms with van der Waals surface area (Å²) in [6.45, 7) is 3.88. The molecule has 0 aliphatic carbocycles. The number of hydrogen-bond donors (Lipinski definition) is 0. The van der Waals surface area contributed by atoms with E-state index >= 15 is 0 Å². The van der Waals surface area contributed by atoms with Crippen LogP contribution in [0.5, 0.6) is 0 Å². The molecule has 3 rings (SSSR count). The SMILES string of the molecule is CCOC(=O)C1=C(C)N=C2SC=CN2[C@H]1c1ccc(C(=O)OC)cc1. The Labute approximate surface area is 150 Å². The second kappa shape index (κ2) is 7.14. The highest BCUT2D eigenvalue weighted by atomic mass is 32.2. The number of thioether (sulfide) groups is 1. The first-order chi connectivity index (χ1) is 12.1. The van der Waals surface area contributed by atoms with Crippen LogP contribution in [0.3, 0.4) is 0 Å². The van der Waals surface area contributed by atoms with Gasteiger partial charge in [-0.2, -0.15) is 0 Å². The van der Waals surface area contributed by atoms with Crippen LogP contribution >= 0.6 is 11.8 Å². The van der Waals surface area contributed by atoms with Gasteiger partial charge in [0.15, 0.2) is 5.17 Å². The van der Waals surface area contributed by atoms with Crippen LogP contribution in [0.25, 0.3) is 0 Å². The molecule has 6 nitrogen and oxygen atoms in total. The fraction of sp³-hybridized carbons (Fsp3) is 0.278. The van der Waals surface area contributed by atoms with Gasteiger partial charge < -0.3 is 14.4 Å². The summed E-state index contributed by atoms with van der Waals surface area (Å²) in [7, 11) is 1.34. The Morgan fingerprint density at radius 3 is 2.60 bits per heavy atom. The van der Waals surface area contributed by atoms with E-state index in [0.717, 1.165) is 10.7 Å². The molecule has 2 aliphatic heterocycles. The van der Waals surface area contributed by atoms with E-state index in [2.05, 4.69) is 4.99 Å². The summed E-state index contributed by atoms with van der Waals surface area (Å²) in [5, 5.41) is 2.74. The van der Waals surface area contributed by atoms with E-state index in [1.54, 1.807) is 19.1 Å². The first kappa shape index (κ1) is 17.3. The van der Waals surface area contributed by atoms with Gasteiger partial charge in [0, 0.05) is 6.20 Å². The van der Waals surface area contributed by atoms with Crippen LogP contribution in [0.15, 0.2) is 52.1 Å². The quantitative estimate of drug-likeness (QED) is 0.770. The van der Waals surface area contributed by atoms with Gasteiger partial charge in [-0.3, -0.25) is 0 Å². The van der Waals surface area contributed by atoms with Gasteiger partial charge in [0.2, 0.25) is 0 Å². The van der Waals surface area contributed by atoms with Crippen LogP contribution in [0.4, 0.5) is 0 Å². The zero-order chi connectivity index (χ0) is 18.0. The summed E-state index contributed by atoms with van der Waals surface area (Å²) >= 11 is 1.50. The van der Waals surface area contributed by atoms with Crippen LogP contribution in [-0.2, 0) is 14.3 Å². The molecule has 2 aliphatic rings. The lowest BCUT2D eigenvalue weighted by atomic mass is 9.94. The fourth-order valence-electron chi connectivity index (χ4n) is 2.82. The lowest BCUT2D eigenvalue weighted by Crippen LogP contribution is -2.34. The van der Waals surface area contributed by atoms with E-state index in [1.807, 2.05) is 35.6 Å². The number of benzene rings is 1. The van der Waals surface area contributed by atoms with Crippen molar-refractivity contribution in [2.24, 2.45) is 4.99 Å². The van der Waals surface area contributed by atoms with Gasteiger partial charge in [0.1, 0.15) is 0 Å². The van der Waals surface area contributed by atoms with Crippen molar-refractivity contribution in [3.8, 4) is 0 Å². The summed E-state index contributed by atoms with van der Waals surface area (Å²) in [4.78, 5) is 30.6. The minimum absolute atomic E-state index is 0.296. The van der Waals surface area contributed by atoms with Crippen molar-refractivity contribution in [3.63, 3.8) is 0 Å². The summed E-state index contributed by atoms with van der Waals surface area (Å²) in [5.74, 6) is -0.776. The largest absolute Gasteiger partial charge is 0.465 e. The Bertz CT molecular complexity index is 796. The number of allylic oxidation sites excluding steroid dienone is 1. The number of hydrogen-bond acceptors (Lipinski definition) is 7. The molecule has 2 heterocycles. The predicted octanol–water partition coefficient (Wildman–Crippen LogP) is 3.24. The number of rotatable bonds is 4. The normalized spacial score (nSPS) is 18.8. The number of amidine groups is 1.